The standard InChI is InChI=1S/C15H17NO2S/c1-11-4-3-5-13(8-11)10-19(17,18)15-7-6-12(2)9-14(15)16/h3-9H,10,16H2,1-2H3. The monoisotopic (exact) mass is 275 g/mol. The molecule has 0 saturated heterocycles. The second-order valence-electron chi connectivity index (χ2n) is 4.79. The number of nitrogens with two attached hydrogens (primary N) is 1. The van der Waals surface area contributed by atoms with Gasteiger partial charge in [0.2, 0.25) is 0 Å². The first-order chi connectivity index (χ1) is 8.88. The van der Waals surface area contributed by atoms with Crippen LogP contribution in [0.3, 0.4) is 0 Å². The zero-order valence-electron chi connectivity index (χ0n) is 11.1. The summed E-state index contributed by atoms with van der Waals surface area (Å²) < 4.78 is 24.7. The SMILES string of the molecule is Cc1cccc(CS(=O)(=O)c2ccc(C)cc2N)c1. The van der Waals surface area contributed by atoms with Gasteiger partial charge in [-0.2, -0.15) is 0 Å². The number of hydrogen-bond acceptors (Lipinski definition) is 3. The highest BCUT2D eigenvalue weighted by Gasteiger charge is 2.18. The molecule has 0 aromatic heterocycles. The van der Waals surface area contributed by atoms with Gasteiger partial charge in [0.05, 0.1) is 16.3 Å². The Hall–Kier alpha value is -1.81. The number of sulfone groups is 1. The molecule has 0 bridgehead atoms. The van der Waals surface area contributed by atoms with Crippen molar-refractivity contribution in [1.29, 1.82) is 0 Å². The molecule has 0 fully saturated rings. The van der Waals surface area contributed by atoms with E-state index in [2.05, 4.69) is 0 Å². The molecule has 0 aliphatic heterocycles. The topological polar surface area (TPSA) is 60.2 Å². The van der Waals surface area contributed by atoms with E-state index in [0.29, 0.717) is 5.69 Å². The molecule has 0 saturated carbocycles. The van der Waals surface area contributed by atoms with E-state index < -0.39 is 9.84 Å². The predicted molar refractivity (Wildman–Crippen MR) is 77.7 cm³/mol. The van der Waals surface area contributed by atoms with Gasteiger partial charge in [-0.15, -0.1) is 0 Å². The third-order valence-corrected chi connectivity index (χ3v) is 4.69. The third-order valence-electron chi connectivity index (χ3n) is 2.94. The zero-order valence-corrected chi connectivity index (χ0v) is 11.9. The van der Waals surface area contributed by atoms with Crippen molar-refractivity contribution in [2.45, 2.75) is 24.5 Å². The Balaban J connectivity index is 2.38. The molecular formula is C15H17NO2S. The molecule has 0 aliphatic carbocycles. The molecule has 0 amide bonds. The highest BCUT2D eigenvalue weighted by atomic mass is 32.2. The van der Waals surface area contributed by atoms with E-state index in [9.17, 15) is 8.42 Å². The van der Waals surface area contributed by atoms with Crippen LogP contribution in [-0.2, 0) is 15.6 Å². The summed E-state index contributed by atoms with van der Waals surface area (Å²) in [5.41, 5.74) is 8.90. The predicted octanol–water partition coefficient (Wildman–Crippen LogP) is 2.86. The van der Waals surface area contributed by atoms with Crippen molar-refractivity contribution in [1.82, 2.24) is 0 Å². The summed E-state index contributed by atoms with van der Waals surface area (Å²) in [5.74, 6) is -0.0259. The fourth-order valence-corrected chi connectivity index (χ4v) is 3.52. The van der Waals surface area contributed by atoms with Crippen LogP contribution in [0, 0.1) is 13.8 Å². The summed E-state index contributed by atoms with van der Waals surface area (Å²) in [5, 5.41) is 0. The first-order valence-corrected chi connectivity index (χ1v) is 7.68. The Morgan fingerprint density at radius 2 is 1.68 bits per heavy atom. The molecule has 3 nitrogen and oxygen atoms in total. The molecule has 0 atom stereocenters. The summed E-state index contributed by atoms with van der Waals surface area (Å²) in [4.78, 5) is 0.208. The number of hydrogen-bond donors (Lipinski definition) is 1. The van der Waals surface area contributed by atoms with E-state index in [4.69, 9.17) is 5.73 Å². The minimum atomic E-state index is -3.40. The van der Waals surface area contributed by atoms with E-state index in [1.54, 1.807) is 18.2 Å². The summed E-state index contributed by atoms with van der Waals surface area (Å²) in [6.45, 7) is 3.82. The van der Waals surface area contributed by atoms with E-state index in [1.165, 1.54) is 0 Å². The summed E-state index contributed by atoms with van der Waals surface area (Å²) >= 11 is 0. The van der Waals surface area contributed by atoms with Crippen LogP contribution in [0.1, 0.15) is 16.7 Å². The first-order valence-electron chi connectivity index (χ1n) is 6.03. The van der Waals surface area contributed by atoms with Crippen LogP contribution in [0.25, 0.3) is 0 Å². The molecule has 2 aromatic carbocycles. The Kier molecular flexibility index (Phi) is 3.62. The lowest BCUT2D eigenvalue weighted by atomic mass is 10.2. The van der Waals surface area contributed by atoms with Gasteiger partial charge < -0.3 is 5.73 Å². The molecular weight excluding hydrogens is 258 g/mol. The van der Waals surface area contributed by atoms with Crippen molar-refractivity contribution < 1.29 is 8.42 Å². The zero-order chi connectivity index (χ0) is 14.0. The molecule has 0 radical (unpaired) electrons. The van der Waals surface area contributed by atoms with Gasteiger partial charge in [0.1, 0.15) is 0 Å². The summed E-state index contributed by atoms with van der Waals surface area (Å²) in [7, 11) is -3.40. The van der Waals surface area contributed by atoms with Crippen molar-refractivity contribution in [3.8, 4) is 0 Å². The summed E-state index contributed by atoms with van der Waals surface area (Å²) in [6, 6.07) is 12.5. The smallest absolute Gasteiger partial charge is 0.184 e. The Morgan fingerprint density at radius 3 is 2.32 bits per heavy atom. The van der Waals surface area contributed by atoms with E-state index in [1.807, 2.05) is 38.1 Å². The molecule has 0 spiro atoms. The van der Waals surface area contributed by atoms with Crippen LogP contribution in [-0.4, -0.2) is 8.42 Å². The lowest BCUT2D eigenvalue weighted by Gasteiger charge is -2.09. The van der Waals surface area contributed by atoms with Gasteiger partial charge in [-0.25, -0.2) is 8.42 Å². The van der Waals surface area contributed by atoms with Gasteiger partial charge in [0, 0.05) is 0 Å². The fraction of sp³-hybridized carbons (Fsp3) is 0.200. The van der Waals surface area contributed by atoms with E-state index in [-0.39, 0.29) is 10.6 Å². The van der Waals surface area contributed by atoms with Crippen LogP contribution in [0.4, 0.5) is 5.69 Å². The van der Waals surface area contributed by atoms with E-state index >= 15 is 0 Å². The van der Waals surface area contributed by atoms with Crippen molar-refractivity contribution in [2.75, 3.05) is 5.73 Å². The van der Waals surface area contributed by atoms with Gasteiger partial charge in [-0.3, -0.25) is 0 Å². The van der Waals surface area contributed by atoms with Gasteiger partial charge in [0.15, 0.2) is 9.84 Å². The van der Waals surface area contributed by atoms with Crippen LogP contribution in [0.5, 0.6) is 0 Å². The maximum atomic E-state index is 12.4. The van der Waals surface area contributed by atoms with Crippen LogP contribution in [0.15, 0.2) is 47.4 Å². The highest BCUT2D eigenvalue weighted by Crippen LogP contribution is 2.23. The van der Waals surface area contributed by atoms with Gasteiger partial charge in [0.25, 0.3) is 0 Å². The molecule has 2 aromatic rings. The van der Waals surface area contributed by atoms with Crippen LogP contribution in [0.2, 0.25) is 0 Å². The molecule has 2 N–H and O–H groups in total. The first kappa shape index (κ1) is 13.6. The minimum Gasteiger partial charge on any atom is -0.398 e. The molecule has 100 valence electrons. The fourth-order valence-electron chi connectivity index (χ4n) is 2.05. The van der Waals surface area contributed by atoms with Crippen molar-refractivity contribution in [3.05, 3.63) is 59.2 Å². The average Bonchev–Trinajstić information content (AvgIpc) is 2.27. The average molecular weight is 275 g/mol. The lowest BCUT2D eigenvalue weighted by Crippen LogP contribution is -2.08. The third kappa shape index (κ3) is 3.15. The maximum Gasteiger partial charge on any atom is 0.184 e. The van der Waals surface area contributed by atoms with Crippen molar-refractivity contribution in [2.24, 2.45) is 0 Å². The molecule has 0 heterocycles. The Labute approximate surface area is 114 Å². The maximum absolute atomic E-state index is 12.4. The molecule has 4 heteroatoms. The number of nitrogen functional groups attached to an aromatic ring is 1. The number of aryl methyl sites for hydroxylation is 2. The second-order valence-corrected chi connectivity index (χ2v) is 6.75. The normalized spacial score (nSPS) is 11.5. The van der Waals surface area contributed by atoms with Gasteiger partial charge in [-0.1, -0.05) is 35.9 Å². The van der Waals surface area contributed by atoms with Crippen molar-refractivity contribution >= 4 is 15.5 Å². The van der Waals surface area contributed by atoms with E-state index in [0.717, 1.165) is 16.7 Å². The Bertz CT molecular complexity index is 706. The number of anilines is 1. The quantitative estimate of drug-likeness (QED) is 0.876. The largest absolute Gasteiger partial charge is 0.398 e. The Morgan fingerprint density at radius 1 is 1.00 bits per heavy atom. The molecule has 19 heavy (non-hydrogen) atoms. The molecule has 0 aliphatic rings. The van der Waals surface area contributed by atoms with Crippen LogP contribution >= 0.6 is 0 Å². The van der Waals surface area contributed by atoms with Crippen molar-refractivity contribution in [3.63, 3.8) is 0 Å². The highest BCUT2D eigenvalue weighted by molar-refractivity contribution is 7.90. The van der Waals surface area contributed by atoms with Crippen LogP contribution < -0.4 is 5.73 Å². The number of benzene rings is 2. The summed E-state index contributed by atoms with van der Waals surface area (Å²) in [6.07, 6.45) is 0. The molecule has 0 unspecified atom stereocenters. The number of rotatable bonds is 3. The molecule has 2 rings (SSSR count). The van der Waals surface area contributed by atoms with Gasteiger partial charge >= 0.3 is 0 Å². The van der Waals surface area contributed by atoms with Gasteiger partial charge in [-0.05, 0) is 37.1 Å². The minimum absolute atomic E-state index is 0.0259. The lowest BCUT2D eigenvalue weighted by molar-refractivity contribution is 0.595. The second kappa shape index (κ2) is 5.05.